The van der Waals surface area contributed by atoms with E-state index in [4.69, 9.17) is 28.4 Å². The molecule has 3 fully saturated rings. The summed E-state index contributed by atoms with van der Waals surface area (Å²) < 4.78 is 34.6. The Morgan fingerprint density at radius 2 is 0.605 bits per heavy atom. The highest BCUT2D eigenvalue weighted by molar-refractivity contribution is 5.76. The minimum absolute atomic E-state index is 0.234. The molecular formula is C95H175NO18. The van der Waals surface area contributed by atoms with Crippen molar-refractivity contribution in [2.45, 2.75) is 510 Å². The first-order chi connectivity index (χ1) is 55.8. The smallest absolute Gasteiger partial charge is 0.220 e. The van der Waals surface area contributed by atoms with Gasteiger partial charge in [-0.15, -0.1) is 0 Å². The van der Waals surface area contributed by atoms with Gasteiger partial charge in [0.1, 0.15) is 73.2 Å². The van der Waals surface area contributed by atoms with Crippen molar-refractivity contribution in [1.29, 1.82) is 0 Å². The van der Waals surface area contributed by atoms with Gasteiger partial charge >= 0.3 is 0 Å². The number of carbonyl (C=O) groups is 1. The van der Waals surface area contributed by atoms with Crippen molar-refractivity contribution in [2.75, 3.05) is 26.4 Å². The molecule has 0 aromatic rings. The third-order valence-electron chi connectivity index (χ3n) is 23.6. The van der Waals surface area contributed by atoms with Gasteiger partial charge in [0.2, 0.25) is 5.91 Å². The zero-order valence-electron chi connectivity index (χ0n) is 72.3. The van der Waals surface area contributed by atoms with Crippen molar-refractivity contribution in [2.24, 2.45) is 0 Å². The zero-order valence-corrected chi connectivity index (χ0v) is 72.3. The van der Waals surface area contributed by atoms with Crippen molar-refractivity contribution in [3.8, 4) is 0 Å². The van der Waals surface area contributed by atoms with Gasteiger partial charge in [0.25, 0.3) is 0 Å². The Bertz CT molecular complexity index is 2290. The predicted octanol–water partition coefficient (Wildman–Crippen LogP) is 18.9. The van der Waals surface area contributed by atoms with E-state index in [1.165, 1.54) is 295 Å². The number of amides is 1. The van der Waals surface area contributed by atoms with E-state index in [1.54, 1.807) is 0 Å². The second-order valence-electron chi connectivity index (χ2n) is 33.8. The second-order valence-corrected chi connectivity index (χ2v) is 33.8. The number of allylic oxidation sites excluding steroid dienone is 10. The number of hydrogen-bond acceptors (Lipinski definition) is 18. The minimum Gasteiger partial charge on any atom is -0.394 e. The molecule has 0 aromatic heterocycles. The fourth-order valence-corrected chi connectivity index (χ4v) is 16.1. The molecule has 0 radical (unpaired) electrons. The van der Waals surface area contributed by atoms with Crippen LogP contribution < -0.4 is 5.32 Å². The Balaban J connectivity index is 1.29. The van der Waals surface area contributed by atoms with Crippen LogP contribution in [0.3, 0.4) is 0 Å². The number of carbonyl (C=O) groups excluding carboxylic acids is 1. The Labute approximate surface area is 694 Å². The van der Waals surface area contributed by atoms with Gasteiger partial charge in [0.15, 0.2) is 18.9 Å². The van der Waals surface area contributed by atoms with Crippen LogP contribution in [-0.2, 0) is 33.2 Å². The van der Waals surface area contributed by atoms with Crippen LogP contribution in [0.15, 0.2) is 60.8 Å². The molecule has 1 amide bonds. The number of nitrogens with one attached hydrogen (secondary N) is 1. The predicted molar refractivity (Wildman–Crippen MR) is 462 cm³/mol. The Morgan fingerprint density at radius 1 is 0.325 bits per heavy atom. The van der Waals surface area contributed by atoms with E-state index in [9.17, 15) is 61.0 Å². The van der Waals surface area contributed by atoms with Gasteiger partial charge in [-0.25, -0.2) is 0 Å². The van der Waals surface area contributed by atoms with Crippen LogP contribution in [0, 0.1) is 0 Å². The fourth-order valence-electron chi connectivity index (χ4n) is 16.1. The SMILES string of the molecule is CC/C=C\C/C=C\C/C=C\C/C=C\C/C=C\CCCCCCCCCCCCCCCCCCCCCCCCCC(=O)NC(COC1OC(CO)C(OC2OC(CO)C(OC3OC(CO)C(O)C(O)C3O)C(O)C2O)C(O)C1O)C(O)CCCCCCCCCCCCCCCCCCCCCCCCCCCCCCCC. The lowest BCUT2D eigenvalue weighted by Gasteiger charge is -2.48. The van der Waals surface area contributed by atoms with E-state index >= 15 is 0 Å². The molecule has 12 N–H and O–H groups in total. The number of ether oxygens (including phenoxy) is 6. The Morgan fingerprint density at radius 3 is 0.947 bits per heavy atom. The van der Waals surface area contributed by atoms with Crippen LogP contribution in [0.2, 0.25) is 0 Å². The van der Waals surface area contributed by atoms with Gasteiger partial charge in [0.05, 0.1) is 38.6 Å². The second kappa shape index (κ2) is 74.3. The van der Waals surface area contributed by atoms with Crippen molar-refractivity contribution in [3.05, 3.63) is 60.8 Å². The molecule has 0 spiro atoms. The van der Waals surface area contributed by atoms with Crippen molar-refractivity contribution < 1.29 is 89.4 Å². The van der Waals surface area contributed by atoms with E-state index in [0.717, 1.165) is 77.0 Å². The van der Waals surface area contributed by atoms with E-state index in [-0.39, 0.29) is 18.9 Å². The molecule has 3 heterocycles. The lowest BCUT2D eigenvalue weighted by atomic mass is 9.96. The molecule has 19 heteroatoms. The maximum Gasteiger partial charge on any atom is 0.220 e. The molecule has 668 valence electrons. The van der Waals surface area contributed by atoms with Crippen LogP contribution in [0.1, 0.15) is 406 Å². The molecule has 3 saturated heterocycles. The zero-order chi connectivity index (χ0) is 82.4. The molecule has 17 unspecified atom stereocenters. The standard InChI is InChI=1S/C95H175NO18/c1-3-5-7-9-11-13-15-17-19-21-23-25-27-29-31-33-35-36-37-38-39-40-41-42-43-45-47-49-51-53-55-57-59-61-63-65-67-69-71-73-83(101)96-78(79(100)72-70-68-66-64-62-60-58-56-54-52-50-48-46-44-34-32-30-28-26-24-22-20-18-16-14-12-10-8-6-4-2)77-109-93-89(107)86(104)91(81(75-98)111-93)114-95-90(108)87(105)92(82(76-99)112-95)113-94-88(106)85(103)84(102)80(74-97)110-94/h5,7,11,13,17,19,23,25,29,31,78-82,84-95,97-100,102-108H,3-4,6,8-10,12,14-16,18,20-22,24,26-28,30,32-77H2,1-2H3,(H,96,101)/b7-5-,13-11-,19-17-,25-23-,31-29-. The van der Waals surface area contributed by atoms with E-state index < -0.39 is 124 Å². The first kappa shape index (κ1) is 106. The first-order valence-corrected chi connectivity index (χ1v) is 47.5. The van der Waals surface area contributed by atoms with Gasteiger partial charge in [-0.3, -0.25) is 4.79 Å². The average molecular weight is 1620 g/mol. The molecule has 19 nitrogen and oxygen atoms in total. The Kier molecular flexibility index (Phi) is 68.9. The molecule has 114 heavy (non-hydrogen) atoms. The molecular weight excluding hydrogens is 1440 g/mol. The fraction of sp³-hybridized carbons (Fsp3) is 0.884. The largest absolute Gasteiger partial charge is 0.394 e. The summed E-state index contributed by atoms with van der Waals surface area (Å²) in [6.07, 6.45) is 72.0. The maximum absolute atomic E-state index is 13.6. The number of rotatable bonds is 78. The molecule has 3 aliphatic heterocycles. The number of aliphatic hydroxyl groups excluding tert-OH is 11. The first-order valence-electron chi connectivity index (χ1n) is 47.5. The van der Waals surface area contributed by atoms with Gasteiger partial charge < -0.3 is 89.9 Å². The van der Waals surface area contributed by atoms with Crippen LogP contribution >= 0.6 is 0 Å². The third-order valence-corrected chi connectivity index (χ3v) is 23.6. The van der Waals surface area contributed by atoms with Crippen LogP contribution in [0.25, 0.3) is 0 Å². The summed E-state index contributed by atoms with van der Waals surface area (Å²) in [6.45, 7) is 1.76. The normalized spacial score (nSPS) is 24.9. The molecule has 0 aromatic carbocycles. The highest BCUT2D eigenvalue weighted by Crippen LogP contribution is 2.34. The van der Waals surface area contributed by atoms with Gasteiger partial charge in [-0.1, -0.05) is 402 Å². The minimum atomic E-state index is -1.97. The van der Waals surface area contributed by atoms with E-state index in [1.807, 2.05) is 0 Å². The summed E-state index contributed by atoms with van der Waals surface area (Å²) in [6, 6.07) is -0.889. The highest BCUT2D eigenvalue weighted by Gasteiger charge is 2.54. The summed E-state index contributed by atoms with van der Waals surface area (Å²) in [5.41, 5.74) is 0. The van der Waals surface area contributed by atoms with Crippen molar-refractivity contribution >= 4 is 5.91 Å². The van der Waals surface area contributed by atoms with Gasteiger partial charge in [-0.05, 0) is 57.8 Å². The topological polar surface area (TPSA) is 307 Å². The van der Waals surface area contributed by atoms with Crippen LogP contribution in [0.5, 0.6) is 0 Å². The molecule has 3 aliphatic rings. The monoisotopic (exact) mass is 1620 g/mol. The highest BCUT2D eigenvalue weighted by atomic mass is 16.8. The van der Waals surface area contributed by atoms with Crippen LogP contribution in [0.4, 0.5) is 0 Å². The lowest BCUT2D eigenvalue weighted by Crippen LogP contribution is -2.66. The van der Waals surface area contributed by atoms with Crippen molar-refractivity contribution in [1.82, 2.24) is 5.32 Å². The number of unbranched alkanes of at least 4 members (excludes halogenated alkanes) is 52. The lowest BCUT2D eigenvalue weighted by molar-refractivity contribution is -0.379. The van der Waals surface area contributed by atoms with E-state index in [2.05, 4.69) is 79.9 Å². The molecule has 17 atom stereocenters. The molecule has 0 aliphatic carbocycles. The summed E-state index contributed by atoms with van der Waals surface area (Å²) in [5, 5.41) is 121. The summed E-state index contributed by atoms with van der Waals surface area (Å²) in [7, 11) is 0. The quantitative estimate of drug-likeness (QED) is 0.0199. The summed E-state index contributed by atoms with van der Waals surface area (Å²) >= 11 is 0. The number of hydrogen-bond donors (Lipinski definition) is 12. The van der Waals surface area contributed by atoms with Crippen molar-refractivity contribution in [3.63, 3.8) is 0 Å². The average Bonchev–Trinajstić information content (AvgIpc) is 0.783. The van der Waals surface area contributed by atoms with E-state index in [0.29, 0.717) is 12.8 Å². The third kappa shape index (κ3) is 52.0. The van der Waals surface area contributed by atoms with Crippen LogP contribution in [-0.4, -0.2) is 193 Å². The van der Waals surface area contributed by atoms with Gasteiger partial charge in [0, 0.05) is 6.42 Å². The molecule has 0 saturated carbocycles. The molecule has 3 rings (SSSR count). The summed E-state index contributed by atoms with van der Waals surface area (Å²) in [4.78, 5) is 13.6. The maximum atomic E-state index is 13.6. The van der Waals surface area contributed by atoms with Gasteiger partial charge in [-0.2, -0.15) is 0 Å². The molecule has 0 bridgehead atoms. The Hall–Kier alpha value is -2.51. The number of aliphatic hydroxyl groups is 11. The summed E-state index contributed by atoms with van der Waals surface area (Å²) in [5.74, 6) is -0.234.